The molecule has 0 atom stereocenters. The first-order valence-electron chi connectivity index (χ1n) is 5.72. The van der Waals surface area contributed by atoms with Gasteiger partial charge in [0.25, 0.3) is 0 Å². The minimum Gasteiger partial charge on any atom is -0.244 e. The Balaban J connectivity index is 2.64. The summed E-state index contributed by atoms with van der Waals surface area (Å²) in [5.74, 6) is 0. The minimum atomic E-state index is 0.496. The number of rotatable bonds is 2. The van der Waals surface area contributed by atoms with E-state index in [9.17, 15) is 0 Å². The maximum Gasteiger partial charge on any atom is 0.131 e. The standard InChI is InChI=1S/C13H16ClN3/c1-5-11-9(3)16-17(10(11)4)12-6-13(14)15-7-8(12)2/h6-7H,5H2,1-4H3. The lowest BCUT2D eigenvalue weighted by molar-refractivity contribution is 0.824. The molecule has 2 heterocycles. The maximum atomic E-state index is 5.95. The predicted molar refractivity (Wildman–Crippen MR) is 70.0 cm³/mol. The molecule has 0 aliphatic carbocycles. The highest BCUT2D eigenvalue weighted by Gasteiger charge is 2.13. The Labute approximate surface area is 106 Å². The molecule has 2 rings (SSSR count). The van der Waals surface area contributed by atoms with Gasteiger partial charge in [-0.15, -0.1) is 0 Å². The van der Waals surface area contributed by atoms with Crippen LogP contribution in [0.1, 0.15) is 29.4 Å². The number of hydrogen-bond acceptors (Lipinski definition) is 2. The number of aryl methyl sites for hydroxylation is 2. The molecular formula is C13H16ClN3. The van der Waals surface area contributed by atoms with Crippen LogP contribution in [-0.2, 0) is 6.42 Å². The molecule has 0 radical (unpaired) electrons. The van der Waals surface area contributed by atoms with E-state index in [2.05, 4.69) is 23.9 Å². The molecule has 0 aliphatic heterocycles. The summed E-state index contributed by atoms with van der Waals surface area (Å²) in [5.41, 5.74) is 5.64. The van der Waals surface area contributed by atoms with Crippen LogP contribution in [0, 0.1) is 20.8 Å². The van der Waals surface area contributed by atoms with Crippen molar-refractivity contribution >= 4 is 11.6 Å². The van der Waals surface area contributed by atoms with Gasteiger partial charge in [0.1, 0.15) is 5.15 Å². The molecular weight excluding hydrogens is 234 g/mol. The van der Waals surface area contributed by atoms with E-state index in [0.717, 1.165) is 23.4 Å². The largest absolute Gasteiger partial charge is 0.244 e. The minimum absolute atomic E-state index is 0.496. The molecule has 17 heavy (non-hydrogen) atoms. The van der Waals surface area contributed by atoms with Gasteiger partial charge >= 0.3 is 0 Å². The Morgan fingerprint density at radius 3 is 2.59 bits per heavy atom. The van der Waals surface area contributed by atoms with Crippen LogP contribution in [0.25, 0.3) is 5.69 Å². The SMILES string of the molecule is CCc1c(C)nn(-c2cc(Cl)ncc2C)c1C. The molecule has 2 aromatic heterocycles. The maximum absolute atomic E-state index is 5.95. The molecule has 0 fully saturated rings. The summed E-state index contributed by atoms with van der Waals surface area (Å²) in [4.78, 5) is 4.07. The quantitative estimate of drug-likeness (QED) is 0.764. The number of nitrogens with zero attached hydrogens (tertiary/aromatic N) is 3. The third kappa shape index (κ3) is 2.07. The van der Waals surface area contributed by atoms with Gasteiger partial charge < -0.3 is 0 Å². The summed E-state index contributed by atoms with van der Waals surface area (Å²) in [6, 6.07) is 1.86. The van der Waals surface area contributed by atoms with E-state index < -0.39 is 0 Å². The number of pyridine rings is 1. The van der Waals surface area contributed by atoms with E-state index >= 15 is 0 Å². The van der Waals surface area contributed by atoms with Crippen molar-refractivity contribution in [3.63, 3.8) is 0 Å². The van der Waals surface area contributed by atoms with Crippen LogP contribution in [0.15, 0.2) is 12.3 Å². The molecule has 0 saturated heterocycles. The van der Waals surface area contributed by atoms with E-state index in [1.54, 1.807) is 6.20 Å². The Hall–Kier alpha value is -1.35. The van der Waals surface area contributed by atoms with Crippen LogP contribution in [-0.4, -0.2) is 14.8 Å². The first-order valence-corrected chi connectivity index (χ1v) is 6.10. The van der Waals surface area contributed by atoms with Crippen molar-refractivity contribution in [2.24, 2.45) is 0 Å². The van der Waals surface area contributed by atoms with Crippen molar-refractivity contribution < 1.29 is 0 Å². The fourth-order valence-electron chi connectivity index (χ4n) is 2.14. The Morgan fingerprint density at radius 2 is 2.00 bits per heavy atom. The lowest BCUT2D eigenvalue weighted by Gasteiger charge is -2.08. The number of aromatic nitrogens is 3. The first-order chi connectivity index (χ1) is 8.04. The molecule has 0 unspecified atom stereocenters. The molecule has 0 aliphatic rings. The summed E-state index contributed by atoms with van der Waals surface area (Å²) in [7, 11) is 0. The molecule has 90 valence electrons. The highest BCUT2D eigenvalue weighted by atomic mass is 35.5. The molecule has 2 aromatic rings. The smallest absolute Gasteiger partial charge is 0.131 e. The zero-order chi connectivity index (χ0) is 12.6. The van der Waals surface area contributed by atoms with Crippen LogP contribution >= 0.6 is 11.6 Å². The van der Waals surface area contributed by atoms with Gasteiger partial charge in [-0.3, -0.25) is 0 Å². The second kappa shape index (κ2) is 4.49. The molecule has 0 spiro atoms. The second-order valence-corrected chi connectivity index (χ2v) is 4.60. The van der Waals surface area contributed by atoms with Gasteiger partial charge in [-0.1, -0.05) is 18.5 Å². The lowest BCUT2D eigenvalue weighted by Crippen LogP contribution is -2.02. The highest BCUT2D eigenvalue weighted by molar-refractivity contribution is 6.29. The van der Waals surface area contributed by atoms with Crippen molar-refractivity contribution in [1.29, 1.82) is 0 Å². The van der Waals surface area contributed by atoms with Crippen molar-refractivity contribution in [3.8, 4) is 5.69 Å². The van der Waals surface area contributed by atoms with Gasteiger partial charge in [0.15, 0.2) is 0 Å². The van der Waals surface area contributed by atoms with Gasteiger partial charge in [0, 0.05) is 18.0 Å². The zero-order valence-electron chi connectivity index (χ0n) is 10.6. The molecule has 0 bridgehead atoms. The molecule has 0 N–H and O–H groups in total. The van der Waals surface area contributed by atoms with E-state index in [1.165, 1.54) is 11.3 Å². The van der Waals surface area contributed by atoms with Crippen LogP contribution in [0.5, 0.6) is 0 Å². The fraction of sp³-hybridized carbons (Fsp3) is 0.385. The summed E-state index contributed by atoms with van der Waals surface area (Å²) in [5, 5.41) is 5.08. The van der Waals surface area contributed by atoms with Crippen LogP contribution in [0.4, 0.5) is 0 Å². The van der Waals surface area contributed by atoms with Gasteiger partial charge in [-0.05, 0) is 38.3 Å². The van der Waals surface area contributed by atoms with Gasteiger partial charge in [0.05, 0.1) is 11.4 Å². The Morgan fingerprint density at radius 1 is 1.29 bits per heavy atom. The highest BCUT2D eigenvalue weighted by Crippen LogP contribution is 2.22. The topological polar surface area (TPSA) is 30.7 Å². The van der Waals surface area contributed by atoms with Crippen LogP contribution < -0.4 is 0 Å². The third-order valence-corrected chi connectivity index (χ3v) is 3.27. The van der Waals surface area contributed by atoms with Crippen molar-refractivity contribution in [3.05, 3.63) is 39.9 Å². The monoisotopic (exact) mass is 249 g/mol. The van der Waals surface area contributed by atoms with Gasteiger partial charge in [0.2, 0.25) is 0 Å². The Bertz CT molecular complexity index is 558. The summed E-state index contributed by atoms with van der Waals surface area (Å²) < 4.78 is 1.96. The summed E-state index contributed by atoms with van der Waals surface area (Å²) in [6.45, 7) is 8.29. The van der Waals surface area contributed by atoms with E-state index in [-0.39, 0.29) is 0 Å². The molecule has 4 heteroatoms. The second-order valence-electron chi connectivity index (χ2n) is 4.21. The van der Waals surface area contributed by atoms with Crippen molar-refractivity contribution in [2.75, 3.05) is 0 Å². The zero-order valence-corrected chi connectivity index (χ0v) is 11.3. The van der Waals surface area contributed by atoms with Crippen molar-refractivity contribution in [1.82, 2.24) is 14.8 Å². The Kier molecular flexibility index (Phi) is 3.20. The van der Waals surface area contributed by atoms with E-state index in [1.807, 2.05) is 24.6 Å². The molecule has 3 nitrogen and oxygen atoms in total. The molecule has 0 amide bonds. The normalized spacial score (nSPS) is 10.9. The number of halogens is 1. The molecule has 0 saturated carbocycles. The van der Waals surface area contributed by atoms with Crippen LogP contribution in [0.2, 0.25) is 5.15 Å². The first kappa shape index (κ1) is 12.1. The summed E-state index contributed by atoms with van der Waals surface area (Å²) in [6.07, 6.45) is 2.77. The van der Waals surface area contributed by atoms with E-state index in [0.29, 0.717) is 5.15 Å². The van der Waals surface area contributed by atoms with Gasteiger partial charge in [-0.25, -0.2) is 9.67 Å². The average molecular weight is 250 g/mol. The van der Waals surface area contributed by atoms with E-state index in [4.69, 9.17) is 11.6 Å². The number of hydrogen-bond donors (Lipinski definition) is 0. The van der Waals surface area contributed by atoms with Crippen LogP contribution in [0.3, 0.4) is 0 Å². The third-order valence-electron chi connectivity index (χ3n) is 3.06. The lowest BCUT2D eigenvalue weighted by atomic mass is 10.1. The molecule has 0 aromatic carbocycles. The average Bonchev–Trinajstić information content (AvgIpc) is 2.57. The fourth-order valence-corrected chi connectivity index (χ4v) is 2.29. The van der Waals surface area contributed by atoms with Gasteiger partial charge in [-0.2, -0.15) is 5.10 Å². The predicted octanol–water partition coefficient (Wildman–Crippen LogP) is 3.41. The summed E-state index contributed by atoms with van der Waals surface area (Å²) >= 11 is 5.95. The van der Waals surface area contributed by atoms with Crippen molar-refractivity contribution in [2.45, 2.75) is 34.1 Å².